The molecule has 7 rings (SSSR count). The van der Waals surface area contributed by atoms with Gasteiger partial charge in [-0.3, -0.25) is 14.5 Å². The number of carbonyl (C=O) groups excluding carboxylic acids is 2. The van der Waals surface area contributed by atoms with Crippen LogP contribution in [-0.4, -0.2) is 58.8 Å². The largest absolute Gasteiger partial charge is 0.418 e. The number of halogens is 3. The number of rotatable bonds is 5. The maximum absolute atomic E-state index is 14.3. The monoisotopic (exact) mass is 549 g/mol. The van der Waals surface area contributed by atoms with Gasteiger partial charge in [-0.25, -0.2) is 4.58 Å². The number of azo groups is 1. The van der Waals surface area contributed by atoms with Gasteiger partial charge in [0.15, 0.2) is 0 Å². The summed E-state index contributed by atoms with van der Waals surface area (Å²) in [6, 6.07) is 7.54. The fourth-order valence-corrected chi connectivity index (χ4v) is 6.72. The molecular formula is C30H30F3N5O2+. The average molecular weight is 550 g/mol. The number of carbonyl (C=O) groups is 2. The number of fused-ring (bicyclic) bond motifs is 1. The summed E-state index contributed by atoms with van der Waals surface area (Å²) in [5.74, 6) is -1.47. The van der Waals surface area contributed by atoms with Crippen molar-refractivity contribution in [3.05, 3.63) is 76.8 Å². The van der Waals surface area contributed by atoms with Crippen LogP contribution in [0.25, 0.3) is 0 Å². The molecule has 2 saturated carbocycles. The van der Waals surface area contributed by atoms with Crippen LogP contribution in [0.5, 0.6) is 0 Å². The molecule has 10 heteroatoms. The Hall–Kier alpha value is -3.56. The highest BCUT2D eigenvalue weighted by Gasteiger charge is 2.51. The zero-order chi connectivity index (χ0) is 27.8. The second kappa shape index (κ2) is 8.97. The normalized spacial score (nSPS) is 26.4. The van der Waals surface area contributed by atoms with E-state index in [9.17, 15) is 22.8 Å². The van der Waals surface area contributed by atoms with Gasteiger partial charge in [0.1, 0.15) is 0 Å². The quantitative estimate of drug-likeness (QED) is 0.462. The third kappa shape index (κ3) is 4.14. The lowest BCUT2D eigenvalue weighted by Gasteiger charge is -2.34. The van der Waals surface area contributed by atoms with Crippen molar-refractivity contribution < 1.29 is 27.3 Å². The molecule has 1 radical (unpaired) electrons. The van der Waals surface area contributed by atoms with E-state index in [0.29, 0.717) is 24.6 Å². The topological polar surface area (TPSA) is 68.3 Å². The average Bonchev–Trinajstić information content (AvgIpc) is 3.17. The molecule has 1 unspecified atom stereocenters. The first kappa shape index (κ1) is 25.4. The van der Waals surface area contributed by atoms with Crippen LogP contribution in [0.15, 0.2) is 69.7 Å². The molecule has 0 bridgehead atoms. The van der Waals surface area contributed by atoms with Crippen molar-refractivity contribution in [2.75, 3.05) is 20.1 Å². The number of benzene rings is 1. The number of likely N-dealkylation sites (N-methyl/N-ethyl adjacent to an activating group) is 1. The molecule has 7 nitrogen and oxygen atoms in total. The van der Waals surface area contributed by atoms with Crippen molar-refractivity contribution in [2.45, 2.75) is 56.5 Å². The predicted octanol–water partition coefficient (Wildman–Crippen LogP) is 5.40. The van der Waals surface area contributed by atoms with Crippen molar-refractivity contribution in [1.29, 1.82) is 0 Å². The van der Waals surface area contributed by atoms with Crippen molar-refractivity contribution >= 4 is 18.2 Å². The molecule has 40 heavy (non-hydrogen) atoms. The number of alkyl halides is 3. The summed E-state index contributed by atoms with van der Waals surface area (Å²) >= 11 is 0. The van der Waals surface area contributed by atoms with Crippen LogP contribution in [0.1, 0.15) is 61.5 Å². The Morgan fingerprint density at radius 1 is 1.20 bits per heavy atom. The van der Waals surface area contributed by atoms with E-state index in [4.69, 9.17) is 0 Å². The summed E-state index contributed by atoms with van der Waals surface area (Å²) in [5.41, 5.74) is 0.459. The maximum atomic E-state index is 14.3. The molecule has 207 valence electrons. The standard InChI is InChI=1S/C30H30F3N5O2/c1-36-17-34-35-26(36)25(18-4-2-5-18)20-7-3-6-19(12-20)22-14-24-23(30(31,32)33)13-21(15-38(24)28(22)40)27(39)37-11-10-29(16-37)8-9-29/h3,6-7,12-15,17-18,22,25H,2,4-5,8-11,16H2,1H3/q+1/t22?,25-/m1/s1. The van der Waals surface area contributed by atoms with Crippen LogP contribution in [-0.2, 0) is 9.59 Å². The lowest BCUT2D eigenvalue weighted by atomic mass is 9.71. The van der Waals surface area contributed by atoms with Gasteiger partial charge in [-0.1, -0.05) is 30.7 Å². The van der Waals surface area contributed by atoms with Gasteiger partial charge < -0.3 is 4.90 Å². The Kier molecular flexibility index (Phi) is 5.70. The molecule has 0 aromatic heterocycles. The SMILES string of the molecule is C[N+]1=CN=N[C]1[C@@H](c1cccc(C2C=C3C(C(F)(F)F)=CC(C(=O)N4CCC5(CC5)C4)=CN3C2=O)c1)C1CCC1. The van der Waals surface area contributed by atoms with E-state index >= 15 is 0 Å². The van der Waals surface area contributed by atoms with Crippen LogP contribution in [0, 0.1) is 17.5 Å². The Labute approximate surface area is 230 Å². The van der Waals surface area contributed by atoms with E-state index in [1.165, 1.54) is 12.3 Å². The molecule has 4 heterocycles. The van der Waals surface area contributed by atoms with Crippen molar-refractivity contribution in [3.8, 4) is 0 Å². The Balaban J connectivity index is 1.21. The summed E-state index contributed by atoms with van der Waals surface area (Å²) in [6.45, 7) is 1.10. The highest BCUT2D eigenvalue weighted by molar-refractivity contribution is 6.00. The van der Waals surface area contributed by atoms with Crippen LogP contribution < -0.4 is 0 Å². The summed E-state index contributed by atoms with van der Waals surface area (Å²) < 4.78 is 44.7. The van der Waals surface area contributed by atoms with E-state index in [0.717, 1.165) is 61.2 Å². The van der Waals surface area contributed by atoms with Crippen LogP contribution >= 0.6 is 0 Å². The number of hydrogen-bond acceptors (Lipinski definition) is 4. The van der Waals surface area contributed by atoms with Crippen LogP contribution in [0.4, 0.5) is 13.2 Å². The third-order valence-electron chi connectivity index (χ3n) is 9.44. The van der Waals surface area contributed by atoms with Crippen molar-refractivity contribution in [2.24, 2.45) is 21.6 Å². The smallest absolute Gasteiger partial charge is 0.338 e. The summed E-state index contributed by atoms with van der Waals surface area (Å²) in [4.78, 5) is 29.6. The summed E-state index contributed by atoms with van der Waals surface area (Å²) in [6.07, 6.45) is 7.60. The molecule has 0 N–H and O–H groups in total. The molecular weight excluding hydrogens is 519 g/mol. The van der Waals surface area contributed by atoms with Gasteiger partial charge >= 0.3 is 18.7 Å². The number of allylic oxidation sites excluding steroid dienone is 1. The molecule has 1 aromatic rings. The van der Waals surface area contributed by atoms with Crippen LogP contribution in [0.2, 0.25) is 0 Å². The van der Waals surface area contributed by atoms with E-state index in [1.807, 2.05) is 29.8 Å². The number of amides is 2. The number of nitrogens with zero attached hydrogens (tertiary/aromatic N) is 5. The fraction of sp³-hybridized carbons (Fsp3) is 0.467. The lowest BCUT2D eigenvalue weighted by Crippen LogP contribution is -2.35. The third-order valence-corrected chi connectivity index (χ3v) is 9.44. The summed E-state index contributed by atoms with van der Waals surface area (Å²) in [7, 11) is 1.90. The fourth-order valence-electron chi connectivity index (χ4n) is 6.72. The molecule has 2 atom stereocenters. The minimum absolute atomic E-state index is 0.0158. The van der Waals surface area contributed by atoms with Gasteiger partial charge in [0, 0.05) is 19.3 Å². The van der Waals surface area contributed by atoms with Gasteiger partial charge in [0.25, 0.3) is 5.91 Å². The Morgan fingerprint density at radius 3 is 2.62 bits per heavy atom. The second-order valence-electron chi connectivity index (χ2n) is 12.0. The van der Waals surface area contributed by atoms with Gasteiger partial charge in [-0.05, 0) is 71.8 Å². The first-order valence-corrected chi connectivity index (χ1v) is 13.9. The first-order valence-electron chi connectivity index (χ1n) is 13.9. The molecule has 1 spiro atoms. The van der Waals surface area contributed by atoms with Gasteiger partial charge in [0.05, 0.1) is 40.8 Å². The van der Waals surface area contributed by atoms with Crippen molar-refractivity contribution in [3.63, 3.8) is 0 Å². The first-order chi connectivity index (χ1) is 19.1. The lowest BCUT2D eigenvalue weighted by molar-refractivity contribution is -0.480. The minimum atomic E-state index is -4.72. The number of likely N-dealkylation sites (tertiary alicyclic amines) is 1. The zero-order valence-electron chi connectivity index (χ0n) is 22.2. The minimum Gasteiger partial charge on any atom is -0.338 e. The molecule has 2 amide bonds. The van der Waals surface area contributed by atoms with Gasteiger partial charge in [-0.2, -0.15) is 13.2 Å². The highest BCUT2D eigenvalue weighted by Crippen LogP contribution is 2.53. The van der Waals surface area contributed by atoms with E-state index < -0.39 is 29.5 Å². The van der Waals surface area contributed by atoms with Crippen molar-refractivity contribution in [1.82, 2.24) is 9.80 Å². The zero-order valence-corrected chi connectivity index (χ0v) is 22.2. The maximum Gasteiger partial charge on any atom is 0.418 e. The van der Waals surface area contributed by atoms with E-state index in [-0.39, 0.29) is 22.6 Å². The molecule has 1 saturated heterocycles. The molecule has 2 aliphatic carbocycles. The molecule has 1 aromatic carbocycles. The molecule has 3 fully saturated rings. The summed E-state index contributed by atoms with van der Waals surface area (Å²) in [5, 5.41) is 8.41. The van der Waals surface area contributed by atoms with Gasteiger partial charge in [0.2, 0.25) is 5.91 Å². The van der Waals surface area contributed by atoms with Crippen LogP contribution in [0.3, 0.4) is 0 Å². The molecule has 6 aliphatic rings. The second-order valence-corrected chi connectivity index (χ2v) is 12.0. The Bertz CT molecular complexity index is 1450. The number of hydrogen-bond donors (Lipinski definition) is 0. The van der Waals surface area contributed by atoms with E-state index in [2.05, 4.69) is 10.2 Å². The highest BCUT2D eigenvalue weighted by atomic mass is 19.4. The Morgan fingerprint density at radius 2 is 2.00 bits per heavy atom. The van der Waals surface area contributed by atoms with Gasteiger partial charge in [-0.15, -0.1) is 0 Å². The van der Waals surface area contributed by atoms with E-state index in [1.54, 1.807) is 17.3 Å². The predicted molar refractivity (Wildman–Crippen MR) is 140 cm³/mol. The molecule has 4 aliphatic heterocycles.